The molecule has 0 aliphatic carbocycles. The molecule has 5 heteroatoms. The Balaban J connectivity index is 1.63. The van der Waals surface area contributed by atoms with E-state index in [1.807, 2.05) is 25.1 Å². The summed E-state index contributed by atoms with van der Waals surface area (Å²) in [5, 5.41) is 3.12. The number of carbonyl (C=O) groups excluding carboxylic acids is 1. The van der Waals surface area contributed by atoms with Crippen LogP contribution in [-0.2, 0) is 11.3 Å². The standard InChI is InChI=1S/C24H33N3O2/c1-18(2)12-26-24(28)22-11-21(17-29-23-10-9-19(3)25-13-23)15-27(16-22)14-20-7-5-4-6-8-20/h4-10,13,18,21-22H,11-12,14-17H2,1-3H3,(H,26,28)/t21-,22+/m0/s1. The Morgan fingerprint density at radius 3 is 2.69 bits per heavy atom. The highest BCUT2D eigenvalue weighted by Gasteiger charge is 2.32. The molecule has 1 N–H and O–H groups in total. The van der Waals surface area contributed by atoms with Crippen LogP contribution < -0.4 is 10.1 Å². The molecule has 0 bridgehead atoms. The Morgan fingerprint density at radius 2 is 2.00 bits per heavy atom. The second-order valence-electron chi connectivity index (χ2n) is 8.56. The van der Waals surface area contributed by atoms with Gasteiger partial charge in [0.25, 0.3) is 0 Å². The zero-order valence-electron chi connectivity index (χ0n) is 17.8. The number of hydrogen-bond donors (Lipinski definition) is 1. The topological polar surface area (TPSA) is 54.5 Å². The molecular weight excluding hydrogens is 362 g/mol. The number of ether oxygens (including phenoxy) is 1. The molecule has 0 radical (unpaired) electrons. The van der Waals surface area contributed by atoms with Crippen LogP contribution >= 0.6 is 0 Å². The van der Waals surface area contributed by atoms with Gasteiger partial charge in [-0.1, -0.05) is 44.2 Å². The lowest BCUT2D eigenvalue weighted by molar-refractivity contribution is -0.128. The van der Waals surface area contributed by atoms with Crippen LogP contribution in [0.3, 0.4) is 0 Å². The van der Waals surface area contributed by atoms with E-state index in [4.69, 9.17) is 4.74 Å². The fourth-order valence-corrected chi connectivity index (χ4v) is 3.79. The van der Waals surface area contributed by atoms with Gasteiger partial charge in [-0.25, -0.2) is 0 Å². The monoisotopic (exact) mass is 395 g/mol. The number of hydrogen-bond acceptors (Lipinski definition) is 4. The number of aryl methyl sites for hydroxylation is 1. The predicted octanol–water partition coefficient (Wildman–Crippen LogP) is 3.68. The minimum atomic E-state index is -0.00375. The number of likely N-dealkylation sites (tertiary alicyclic amines) is 1. The third kappa shape index (κ3) is 6.86. The molecule has 0 saturated carbocycles. The highest BCUT2D eigenvalue weighted by molar-refractivity contribution is 5.79. The van der Waals surface area contributed by atoms with Crippen molar-refractivity contribution in [2.24, 2.45) is 17.8 Å². The van der Waals surface area contributed by atoms with Crippen LogP contribution in [0, 0.1) is 24.7 Å². The van der Waals surface area contributed by atoms with Gasteiger partial charge in [-0.2, -0.15) is 0 Å². The predicted molar refractivity (Wildman–Crippen MR) is 116 cm³/mol. The van der Waals surface area contributed by atoms with Crippen molar-refractivity contribution in [3.05, 3.63) is 59.9 Å². The van der Waals surface area contributed by atoms with Gasteiger partial charge in [-0.3, -0.25) is 14.7 Å². The van der Waals surface area contributed by atoms with Gasteiger partial charge in [-0.15, -0.1) is 0 Å². The Kier molecular flexibility index (Phi) is 7.64. The SMILES string of the molecule is Cc1ccc(OC[C@H]2C[C@@H](C(=O)NCC(C)C)CN(Cc3ccccc3)C2)cn1. The van der Waals surface area contributed by atoms with Gasteiger partial charge in [0.1, 0.15) is 5.75 Å². The fourth-order valence-electron chi connectivity index (χ4n) is 3.79. The minimum absolute atomic E-state index is 0.00375. The number of nitrogens with zero attached hydrogens (tertiary/aromatic N) is 2. The van der Waals surface area contributed by atoms with Crippen molar-refractivity contribution in [3.8, 4) is 5.75 Å². The van der Waals surface area contributed by atoms with Crippen LogP contribution in [0.1, 0.15) is 31.5 Å². The van der Waals surface area contributed by atoms with Crippen molar-refractivity contribution in [1.29, 1.82) is 0 Å². The lowest BCUT2D eigenvalue weighted by Crippen LogP contribution is -2.47. The molecule has 29 heavy (non-hydrogen) atoms. The third-order valence-corrected chi connectivity index (χ3v) is 5.29. The first kappa shape index (κ1) is 21.3. The van der Waals surface area contributed by atoms with Gasteiger partial charge in [0.05, 0.1) is 18.7 Å². The Hall–Kier alpha value is -2.40. The molecule has 1 amide bonds. The number of aromatic nitrogens is 1. The highest BCUT2D eigenvalue weighted by atomic mass is 16.5. The zero-order valence-corrected chi connectivity index (χ0v) is 17.8. The molecule has 5 nitrogen and oxygen atoms in total. The number of benzene rings is 1. The quantitative estimate of drug-likeness (QED) is 0.741. The van der Waals surface area contributed by atoms with E-state index in [-0.39, 0.29) is 11.8 Å². The second-order valence-corrected chi connectivity index (χ2v) is 8.56. The zero-order chi connectivity index (χ0) is 20.6. The molecule has 3 rings (SSSR count). The smallest absolute Gasteiger partial charge is 0.224 e. The molecule has 0 unspecified atom stereocenters. The van der Waals surface area contributed by atoms with Crippen LogP contribution in [0.15, 0.2) is 48.7 Å². The number of amides is 1. The molecule has 1 aromatic heterocycles. The van der Waals surface area contributed by atoms with E-state index in [1.165, 1.54) is 5.56 Å². The van der Waals surface area contributed by atoms with Gasteiger partial charge >= 0.3 is 0 Å². The van der Waals surface area contributed by atoms with Crippen LogP contribution in [0.2, 0.25) is 0 Å². The highest BCUT2D eigenvalue weighted by Crippen LogP contribution is 2.25. The van der Waals surface area contributed by atoms with Crippen LogP contribution in [-0.4, -0.2) is 42.0 Å². The number of carbonyl (C=O) groups is 1. The van der Waals surface area contributed by atoms with Gasteiger partial charge < -0.3 is 10.1 Å². The summed E-state index contributed by atoms with van der Waals surface area (Å²) in [5.41, 5.74) is 2.25. The van der Waals surface area contributed by atoms with E-state index in [2.05, 4.69) is 53.3 Å². The van der Waals surface area contributed by atoms with Crippen LogP contribution in [0.25, 0.3) is 0 Å². The number of pyridine rings is 1. The maximum atomic E-state index is 12.8. The van der Waals surface area contributed by atoms with Gasteiger partial charge in [0.15, 0.2) is 0 Å². The van der Waals surface area contributed by atoms with Gasteiger partial charge in [-0.05, 0) is 37.0 Å². The summed E-state index contributed by atoms with van der Waals surface area (Å²) in [6.45, 7) is 10.1. The third-order valence-electron chi connectivity index (χ3n) is 5.29. The molecular formula is C24H33N3O2. The van der Waals surface area contributed by atoms with E-state index in [0.717, 1.165) is 44.0 Å². The lowest BCUT2D eigenvalue weighted by atomic mass is 9.88. The first-order valence-corrected chi connectivity index (χ1v) is 10.6. The molecule has 1 saturated heterocycles. The lowest BCUT2D eigenvalue weighted by Gasteiger charge is -2.37. The maximum absolute atomic E-state index is 12.8. The summed E-state index contributed by atoms with van der Waals surface area (Å²) < 4.78 is 6.00. The molecule has 1 aliphatic heterocycles. The normalized spacial score (nSPS) is 19.9. The van der Waals surface area contributed by atoms with Gasteiger partial charge in [0.2, 0.25) is 5.91 Å². The van der Waals surface area contributed by atoms with E-state index in [9.17, 15) is 4.79 Å². The van der Waals surface area contributed by atoms with Crippen molar-refractivity contribution >= 4 is 5.91 Å². The summed E-state index contributed by atoms with van der Waals surface area (Å²) in [6, 6.07) is 14.4. The molecule has 2 atom stereocenters. The Labute approximate surface area is 174 Å². The number of nitrogens with one attached hydrogen (secondary N) is 1. The molecule has 1 aromatic carbocycles. The molecule has 2 heterocycles. The van der Waals surface area contributed by atoms with Crippen molar-refractivity contribution in [2.75, 3.05) is 26.2 Å². The van der Waals surface area contributed by atoms with Crippen LogP contribution in [0.5, 0.6) is 5.75 Å². The summed E-state index contributed by atoms with van der Waals surface area (Å²) in [6.07, 6.45) is 2.63. The molecule has 2 aromatic rings. The number of rotatable bonds is 8. The Bertz CT molecular complexity index is 761. The van der Waals surface area contributed by atoms with E-state index < -0.39 is 0 Å². The largest absolute Gasteiger partial charge is 0.492 e. The molecule has 1 aliphatic rings. The number of piperidine rings is 1. The average molecular weight is 396 g/mol. The summed E-state index contributed by atoms with van der Waals surface area (Å²) >= 11 is 0. The molecule has 1 fully saturated rings. The Morgan fingerprint density at radius 1 is 1.21 bits per heavy atom. The van der Waals surface area contributed by atoms with Crippen molar-refractivity contribution in [3.63, 3.8) is 0 Å². The maximum Gasteiger partial charge on any atom is 0.224 e. The van der Waals surface area contributed by atoms with Crippen LogP contribution in [0.4, 0.5) is 0 Å². The first-order chi connectivity index (χ1) is 14.0. The van der Waals surface area contributed by atoms with Crippen molar-refractivity contribution in [1.82, 2.24) is 15.2 Å². The van der Waals surface area contributed by atoms with Crippen molar-refractivity contribution in [2.45, 2.75) is 33.7 Å². The van der Waals surface area contributed by atoms with Gasteiger partial charge in [0, 0.05) is 37.8 Å². The van der Waals surface area contributed by atoms with E-state index in [0.29, 0.717) is 18.4 Å². The molecule has 156 valence electrons. The summed E-state index contributed by atoms with van der Waals surface area (Å²) in [5.74, 6) is 1.71. The summed E-state index contributed by atoms with van der Waals surface area (Å²) in [4.78, 5) is 19.5. The second kappa shape index (κ2) is 10.4. The van der Waals surface area contributed by atoms with Crippen molar-refractivity contribution < 1.29 is 9.53 Å². The molecule has 0 spiro atoms. The fraction of sp³-hybridized carbons (Fsp3) is 0.500. The minimum Gasteiger partial charge on any atom is -0.492 e. The summed E-state index contributed by atoms with van der Waals surface area (Å²) in [7, 11) is 0. The van der Waals surface area contributed by atoms with E-state index in [1.54, 1.807) is 6.20 Å². The average Bonchev–Trinajstić information content (AvgIpc) is 2.72. The first-order valence-electron chi connectivity index (χ1n) is 10.6. The van der Waals surface area contributed by atoms with E-state index >= 15 is 0 Å².